The fraction of sp³-hybridized carbons (Fsp3) is 0.304. The van der Waals surface area contributed by atoms with Crippen molar-refractivity contribution >= 4 is 50.0 Å². The quantitative estimate of drug-likeness (QED) is 0.544. The van der Waals surface area contributed by atoms with Crippen LogP contribution in [0.1, 0.15) is 28.9 Å². The Hall–Kier alpha value is -2.53. The maximum atomic E-state index is 13.4. The number of aliphatic hydroxyl groups excluding tert-OH is 1. The zero-order chi connectivity index (χ0) is 21.8. The molecule has 1 saturated heterocycles. The molecule has 0 bridgehead atoms. The van der Waals surface area contributed by atoms with Crippen LogP contribution in [0, 0.1) is 11.3 Å². The van der Waals surface area contributed by atoms with Crippen LogP contribution in [-0.4, -0.2) is 39.8 Å². The molecule has 1 fully saturated rings. The molecule has 6 nitrogen and oxygen atoms in total. The van der Waals surface area contributed by atoms with Crippen LogP contribution in [0.25, 0.3) is 10.9 Å². The molecule has 2 aliphatic rings. The van der Waals surface area contributed by atoms with E-state index in [1.807, 2.05) is 35.2 Å². The van der Waals surface area contributed by atoms with Crippen LogP contribution in [0.4, 0.5) is 5.69 Å². The Morgan fingerprint density at radius 1 is 1.26 bits per heavy atom. The summed E-state index contributed by atoms with van der Waals surface area (Å²) < 4.78 is 2.72. The molecule has 1 aromatic heterocycles. The lowest BCUT2D eigenvalue weighted by Crippen LogP contribution is -2.50. The Morgan fingerprint density at radius 3 is 2.77 bits per heavy atom. The fourth-order valence-corrected chi connectivity index (χ4v) is 5.50. The highest BCUT2D eigenvalue weighted by atomic mass is 79.9. The molecule has 2 aliphatic heterocycles. The van der Waals surface area contributed by atoms with Gasteiger partial charge in [0.1, 0.15) is 18.5 Å². The summed E-state index contributed by atoms with van der Waals surface area (Å²) in [6.07, 6.45) is 0.627. The topological polar surface area (TPSA) is 81.3 Å². The van der Waals surface area contributed by atoms with E-state index < -0.39 is 11.6 Å². The minimum absolute atomic E-state index is 0.0913. The lowest BCUT2D eigenvalue weighted by Gasteiger charge is -2.41. The van der Waals surface area contributed by atoms with Crippen LogP contribution < -0.4 is 5.32 Å². The predicted molar refractivity (Wildman–Crippen MR) is 123 cm³/mol. The monoisotopic (exact) mass is 498 g/mol. The maximum Gasteiger partial charge on any atom is 0.270 e. The first-order chi connectivity index (χ1) is 14.9. The third-order valence-corrected chi connectivity index (χ3v) is 7.32. The number of hydrogen-bond acceptors (Lipinski definition) is 4. The number of carbonyl (C=O) groups is 1. The number of nitriles is 1. The van der Waals surface area contributed by atoms with E-state index >= 15 is 0 Å². The molecule has 158 valence electrons. The highest BCUT2D eigenvalue weighted by Crippen LogP contribution is 2.48. The normalized spacial score (nSPS) is 19.3. The van der Waals surface area contributed by atoms with Crippen molar-refractivity contribution in [1.29, 1.82) is 5.26 Å². The van der Waals surface area contributed by atoms with Crippen LogP contribution in [-0.2, 0) is 12.0 Å². The van der Waals surface area contributed by atoms with Gasteiger partial charge in [0.2, 0.25) is 0 Å². The van der Waals surface area contributed by atoms with E-state index in [-0.39, 0.29) is 12.5 Å². The molecular formula is C23H20BrClN4O2. The van der Waals surface area contributed by atoms with Gasteiger partial charge >= 0.3 is 0 Å². The summed E-state index contributed by atoms with van der Waals surface area (Å²) in [5.74, 6) is -0.104. The Labute approximate surface area is 193 Å². The first-order valence-corrected chi connectivity index (χ1v) is 11.3. The molecular weight excluding hydrogens is 480 g/mol. The van der Waals surface area contributed by atoms with Crippen LogP contribution >= 0.6 is 27.5 Å². The SMILES string of the molecule is N#CCn1c(C(=O)N2CCC3(CC2)c2cc(Br)ccc2NC3O)cc2cc(Cl)ccc21. The minimum Gasteiger partial charge on any atom is -0.373 e. The van der Waals surface area contributed by atoms with E-state index in [9.17, 15) is 15.2 Å². The first-order valence-electron chi connectivity index (χ1n) is 10.1. The van der Waals surface area contributed by atoms with Gasteiger partial charge in [-0.3, -0.25) is 4.79 Å². The lowest BCUT2D eigenvalue weighted by molar-refractivity contribution is 0.0436. The Bertz CT molecular complexity index is 1240. The molecule has 0 radical (unpaired) electrons. The van der Waals surface area contributed by atoms with Crippen molar-refractivity contribution in [2.75, 3.05) is 18.4 Å². The molecule has 2 aromatic carbocycles. The number of rotatable bonds is 2. The van der Waals surface area contributed by atoms with E-state index in [1.165, 1.54) is 0 Å². The lowest BCUT2D eigenvalue weighted by atomic mass is 9.73. The van der Waals surface area contributed by atoms with E-state index in [1.54, 1.807) is 10.6 Å². The van der Waals surface area contributed by atoms with Gasteiger partial charge in [0.25, 0.3) is 5.91 Å². The van der Waals surface area contributed by atoms with E-state index in [4.69, 9.17) is 11.6 Å². The van der Waals surface area contributed by atoms with E-state index in [2.05, 4.69) is 33.4 Å². The number of fused-ring (bicyclic) bond motifs is 3. The van der Waals surface area contributed by atoms with Crippen molar-refractivity contribution in [2.24, 2.45) is 0 Å². The number of piperidine rings is 1. The number of anilines is 1. The number of carbonyl (C=O) groups excluding carboxylic acids is 1. The molecule has 1 atom stereocenters. The molecule has 3 heterocycles. The number of benzene rings is 2. The smallest absolute Gasteiger partial charge is 0.270 e. The van der Waals surface area contributed by atoms with Gasteiger partial charge < -0.3 is 19.9 Å². The summed E-state index contributed by atoms with van der Waals surface area (Å²) in [7, 11) is 0. The molecule has 1 unspecified atom stereocenters. The highest BCUT2D eigenvalue weighted by Gasteiger charge is 2.48. The van der Waals surface area contributed by atoms with Crippen molar-refractivity contribution in [3.63, 3.8) is 0 Å². The maximum absolute atomic E-state index is 13.4. The van der Waals surface area contributed by atoms with Crippen molar-refractivity contribution < 1.29 is 9.90 Å². The van der Waals surface area contributed by atoms with Crippen molar-refractivity contribution in [2.45, 2.75) is 31.0 Å². The minimum atomic E-state index is -0.679. The van der Waals surface area contributed by atoms with Crippen molar-refractivity contribution in [3.05, 3.63) is 63.2 Å². The number of aliphatic hydroxyl groups is 1. The zero-order valence-corrected chi connectivity index (χ0v) is 18.9. The van der Waals surface area contributed by atoms with Crippen LogP contribution in [0.15, 0.2) is 46.9 Å². The van der Waals surface area contributed by atoms with E-state index in [0.29, 0.717) is 36.6 Å². The third-order valence-electron chi connectivity index (χ3n) is 6.59. The second-order valence-electron chi connectivity index (χ2n) is 8.16. The Balaban J connectivity index is 1.43. The largest absolute Gasteiger partial charge is 0.373 e. The molecule has 8 heteroatoms. The molecule has 1 spiro atoms. The molecule has 31 heavy (non-hydrogen) atoms. The number of aromatic nitrogens is 1. The molecule has 3 aromatic rings. The van der Waals surface area contributed by atoms with Crippen molar-refractivity contribution in [3.8, 4) is 6.07 Å². The summed E-state index contributed by atoms with van der Waals surface area (Å²) in [6, 6.07) is 15.4. The average Bonchev–Trinajstić information content (AvgIpc) is 3.24. The van der Waals surface area contributed by atoms with Gasteiger partial charge in [-0.25, -0.2) is 0 Å². The summed E-state index contributed by atoms with van der Waals surface area (Å²) in [4.78, 5) is 15.2. The van der Waals surface area contributed by atoms with Gasteiger partial charge in [-0.15, -0.1) is 0 Å². The van der Waals surface area contributed by atoms with Gasteiger partial charge in [0.05, 0.1) is 6.07 Å². The second kappa shape index (κ2) is 7.56. The van der Waals surface area contributed by atoms with Crippen LogP contribution in [0.3, 0.4) is 0 Å². The van der Waals surface area contributed by atoms with Gasteiger partial charge in [-0.2, -0.15) is 5.26 Å². The second-order valence-corrected chi connectivity index (χ2v) is 9.51. The van der Waals surface area contributed by atoms with Crippen LogP contribution in [0.5, 0.6) is 0 Å². The number of amides is 1. The summed E-state index contributed by atoms with van der Waals surface area (Å²) in [6.45, 7) is 1.14. The summed E-state index contributed by atoms with van der Waals surface area (Å²) in [5.41, 5.74) is 2.93. The van der Waals surface area contributed by atoms with Gasteiger partial charge in [-0.1, -0.05) is 27.5 Å². The van der Waals surface area contributed by atoms with E-state index in [0.717, 1.165) is 26.6 Å². The predicted octanol–water partition coefficient (Wildman–Crippen LogP) is 4.50. The van der Waals surface area contributed by atoms with Gasteiger partial charge in [0, 0.05) is 44.6 Å². The van der Waals surface area contributed by atoms with Gasteiger partial charge in [-0.05, 0) is 60.9 Å². The number of nitrogens with zero attached hydrogens (tertiary/aromatic N) is 3. The number of hydrogen-bond donors (Lipinski definition) is 2. The highest BCUT2D eigenvalue weighted by molar-refractivity contribution is 9.10. The molecule has 5 rings (SSSR count). The number of halogens is 2. The number of nitrogens with one attached hydrogen (secondary N) is 1. The summed E-state index contributed by atoms with van der Waals surface area (Å²) in [5, 5.41) is 24.7. The zero-order valence-electron chi connectivity index (χ0n) is 16.6. The standard InChI is InChI=1S/C23H20BrClN4O2/c24-15-1-3-18-17(13-15)23(22(31)27-18)5-8-28(9-6-23)21(30)20-12-14-11-16(25)2-4-19(14)29(20)10-7-26/h1-4,11-13,22,27,31H,5-6,8-10H2. The number of likely N-dealkylation sites (tertiary alicyclic amines) is 1. The average molecular weight is 500 g/mol. The van der Waals surface area contributed by atoms with Gasteiger partial charge in [0.15, 0.2) is 0 Å². The third kappa shape index (κ3) is 3.21. The van der Waals surface area contributed by atoms with Crippen LogP contribution in [0.2, 0.25) is 5.02 Å². The molecule has 2 N–H and O–H groups in total. The Kier molecular flexibility index (Phi) is 4.97. The Morgan fingerprint density at radius 2 is 2.03 bits per heavy atom. The van der Waals surface area contributed by atoms with Crippen molar-refractivity contribution in [1.82, 2.24) is 9.47 Å². The molecule has 1 amide bonds. The summed E-state index contributed by atoms with van der Waals surface area (Å²) >= 11 is 9.65. The molecule has 0 saturated carbocycles. The molecule has 0 aliphatic carbocycles. The first kappa shape index (κ1) is 20.4. The fourth-order valence-electron chi connectivity index (χ4n) is 4.96.